The summed E-state index contributed by atoms with van der Waals surface area (Å²) in [4.78, 5) is 0. The van der Waals surface area contributed by atoms with Crippen LogP contribution < -0.4 is 0 Å². The third-order valence-corrected chi connectivity index (χ3v) is 0. The molecule has 0 fully saturated rings. The summed E-state index contributed by atoms with van der Waals surface area (Å²) in [5.41, 5.74) is 0. The fourth-order valence-electron chi connectivity index (χ4n) is 0. The molecule has 0 N–H and O–H groups in total. The summed E-state index contributed by atoms with van der Waals surface area (Å²) in [6.45, 7) is 2.29. The summed E-state index contributed by atoms with van der Waals surface area (Å²) >= 11 is 0. The molecule has 0 aromatic heterocycles. The van der Waals surface area contributed by atoms with Gasteiger partial charge in [-0.15, -0.1) is 12.8 Å². The summed E-state index contributed by atoms with van der Waals surface area (Å²) in [5.74, 6) is 0. The average molecular weight is 144 g/mol. The zero-order valence-electron chi connectivity index (χ0n) is 7.49. The van der Waals surface area contributed by atoms with E-state index in [1.807, 2.05) is 0 Å². The second kappa shape index (κ2) is 1680. The summed E-state index contributed by atoms with van der Waals surface area (Å²) in [6.07, 6.45) is 5.76. The van der Waals surface area contributed by atoms with Crippen molar-refractivity contribution in [1.82, 2.24) is 0 Å². The smallest absolute Gasteiger partial charge is 0.124 e. The molecule has 0 radical (unpaired) electrons. The zero-order valence-corrected chi connectivity index (χ0v) is 3.49. The molecule has 0 rings (SSSR count). The van der Waals surface area contributed by atoms with Crippen molar-refractivity contribution in [1.29, 1.82) is 0 Å². The van der Waals surface area contributed by atoms with Gasteiger partial charge in [0.2, 0.25) is 0 Å². The minimum absolute atomic E-state index is 0. The fourth-order valence-corrected chi connectivity index (χ4v) is 0. The first-order valence-corrected chi connectivity index (χ1v) is 0.996. The van der Waals surface area contributed by atoms with E-state index in [4.69, 9.17) is 5.48 Å². The topological polar surface area (TPSA) is 0 Å². The molecule has 0 atom stereocenters. The van der Waals surface area contributed by atoms with E-state index in [0.717, 1.165) is 0 Å². The van der Waals surface area contributed by atoms with Crippen LogP contribution in [0.2, 0.25) is 0 Å². The van der Waals surface area contributed by atoms with E-state index in [1.165, 1.54) is 6.40 Å². The van der Waals surface area contributed by atoms with Gasteiger partial charge in [-0.1, -0.05) is 50.9 Å². The lowest BCUT2D eigenvalue weighted by Crippen LogP contribution is -0.856. The number of hydrogen-bond acceptors (Lipinski definition) is 0. The van der Waals surface area contributed by atoms with E-state index >= 15 is 0 Å². The van der Waals surface area contributed by atoms with Crippen LogP contribution in [0.25, 0.3) is 0 Å². The Morgan fingerprint density at radius 1 is 1.33 bits per heavy atom. The van der Waals surface area contributed by atoms with E-state index in [9.17, 15) is 0 Å². The lowest BCUT2D eigenvalue weighted by molar-refractivity contribution is 1.50. The molecule has 0 aliphatic rings. The van der Waals surface area contributed by atoms with Gasteiger partial charge in [-0.25, -0.2) is 0 Å². The molecular weight excluding hydrogens is 108 g/mol. The molecular formula is C9H28. The maximum absolute atomic E-state index is 6.21. The standard InChI is InChI=1S/C2H6.C2H2.5CH4/c2*1-2;;;;;/h1-2H3;1-2H;5*1H4/i2*1T;1T2;;;;. The highest BCUT2D eigenvalue weighted by atomic mass is 13.0. The highest BCUT2D eigenvalue weighted by molar-refractivity contribution is 4.47. The first-order valence-electron chi connectivity index (χ1n) is 3.62. The molecule has 0 amide bonds. The lowest BCUT2D eigenvalue weighted by Gasteiger charge is -1.07. The largest absolute Gasteiger partial charge is 0.124 e. The van der Waals surface area contributed by atoms with Crippen LogP contribution in [0.1, 0.15) is 56.4 Å². The molecule has 64 valence electrons. The Labute approximate surface area is 70.3 Å². The maximum atomic E-state index is 6.21. The molecule has 0 saturated carbocycles. The second-order valence-corrected chi connectivity index (χ2v) is 0. The minimum Gasteiger partial charge on any atom is -0.124 e. The molecule has 0 aliphatic carbocycles. The van der Waals surface area contributed by atoms with Gasteiger partial charge in [0.1, 0.15) is 1.37 Å². The van der Waals surface area contributed by atoms with Gasteiger partial charge in [-0.05, 0) is 0 Å². The SMILES string of the molecule is C.C.C.C.[3H]C#C.[3H]CC.[3H]C[3H]. The Hall–Kier alpha value is -0.440. The molecule has 0 nitrogen and oxygen atoms in total. The van der Waals surface area contributed by atoms with Crippen LogP contribution in [-0.2, 0) is 0 Å². The number of hydrogen-bond donors (Lipinski definition) is 0. The predicted octanol–water partition coefficient (Wildman–Crippen LogP) is 4.46. The monoisotopic (exact) mass is 144 g/mol. The van der Waals surface area contributed by atoms with Gasteiger partial charge in [-0.2, -0.15) is 0 Å². The minimum atomic E-state index is -0.250. The third kappa shape index (κ3) is 1210. The molecule has 0 heterocycles. The van der Waals surface area contributed by atoms with Crippen LogP contribution in [0.3, 0.4) is 0 Å². The normalized spacial score (nSPS) is 5.33. The van der Waals surface area contributed by atoms with Gasteiger partial charge in [0.15, 0.2) is 0 Å². The quantitative estimate of drug-likeness (QED) is 0.440. The molecule has 0 aromatic carbocycles. The average Bonchev–Trinajstić information content (AvgIpc) is 1.70. The summed E-state index contributed by atoms with van der Waals surface area (Å²) in [7, 11) is -0.250. The van der Waals surface area contributed by atoms with Crippen molar-refractivity contribution in [3.63, 3.8) is 0 Å². The Morgan fingerprint density at radius 2 is 1.33 bits per heavy atom. The maximum Gasteiger partial charge on any atom is 0.124 e. The van der Waals surface area contributed by atoms with Crippen LogP contribution in [0.5, 0.6) is 0 Å². The van der Waals surface area contributed by atoms with Gasteiger partial charge >= 0.3 is 0 Å². The van der Waals surface area contributed by atoms with Gasteiger partial charge in [0.05, 0.1) is 0 Å². The molecule has 0 saturated heterocycles. The van der Waals surface area contributed by atoms with E-state index in [0.29, 0.717) is 6.90 Å². The van der Waals surface area contributed by atoms with Crippen molar-refractivity contribution in [3.05, 3.63) is 0 Å². The second-order valence-electron chi connectivity index (χ2n) is 0. The summed E-state index contributed by atoms with van der Waals surface area (Å²) in [6, 6.07) is 0. The van der Waals surface area contributed by atoms with Gasteiger partial charge in [0.25, 0.3) is 0 Å². The molecule has 0 aromatic rings. The molecule has 0 aliphatic heterocycles. The van der Waals surface area contributed by atoms with Crippen molar-refractivity contribution < 1.29 is 5.48 Å². The molecule has 0 unspecified atom stereocenters. The molecule has 0 bridgehead atoms. The van der Waals surface area contributed by atoms with E-state index in [-0.39, 0.29) is 37.1 Å². The van der Waals surface area contributed by atoms with Crippen LogP contribution in [0.4, 0.5) is 0 Å². The molecule has 9 heavy (non-hydrogen) atoms. The van der Waals surface area contributed by atoms with Gasteiger partial charge in [-0.3, -0.25) is 0 Å². The van der Waals surface area contributed by atoms with E-state index in [1.54, 1.807) is 6.92 Å². The fraction of sp³-hybridized carbons (Fsp3) is 0.778. The highest BCUT2D eigenvalue weighted by Gasteiger charge is 0.932. The van der Waals surface area contributed by atoms with Crippen LogP contribution in [-0.4, -0.2) is 0 Å². The lowest BCUT2D eigenvalue weighted by atomic mass is 11.0. The van der Waals surface area contributed by atoms with Crippen molar-refractivity contribution in [3.8, 4) is 12.8 Å². The van der Waals surface area contributed by atoms with Crippen LogP contribution in [0.15, 0.2) is 0 Å². The van der Waals surface area contributed by atoms with E-state index < -0.39 is 0 Å². The molecule has 0 spiro atoms. The summed E-state index contributed by atoms with van der Waals surface area (Å²) in [5, 5.41) is 0. The van der Waals surface area contributed by atoms with Crippen molar-refractivity contribution in [2.45, 2.75) is 50.9 Å². The summed E-state index contributed by atoms with van der Waals surface area (Å²) < 4.78 is 23.7. The van der Waals surface area contributed by atoms with Crippen molar-refractivity contribution >= 4 is 0 Å². The van der Waals surface area contributed by atoms with E-state index in [2.05, 4.69) is 6.42 Å². The Balaban J connectivity index is -0.00000000720. The Morgan fingerprint density at radius 3 is 1.33 bits per heavy atom. The Bertz CT molecular complexity index is 48.1. The zero-order chi connectivity index (χ0) is 8.12. The number of rotatable bonds is 0. The van der Waals surface area contributed by atoms with Crippen LogP contribution in [0, 0.1) is 12.8 Å². The predicted molar refractivity (Wildman–Crippen MR) is 54.9 cm³/mol. The van der Waals surface area contributed by atoms with Gasteiger partial charge in [0, 0.05) is 4.11 Å². The van der Waals surface area contributed by atoms with Crippen LogP contribution >= 0.6 is 0 Å². The van der Waals surface area contributed by atoms with Gasteiger partial charge < -0.3 is 0 Å². The highest BCUT2D eigenvalue weighted by Crippen LogP contribution is 1.14. The number of terminal acetylenes is 1. The Kier molecular flexibility index (Phi) is 2950. The first kappa shape index (κ1) is 15.8. The van der Waals surface area contributed by atoms with Crippen molar-refractivity contribution in [2.24, 2.45) is 0 Å². The third-order valence-electron chi connectivity index (χ3n) is 0. The first-order chi connectivity index (χ1) is 4.24. The van der Waals surface area contributed by atoms with Crippen molar-refractivity contribution in [2.75, 3.05) is 0 Å². The molecule has 0 heteroatoms.